The summed E-state index contributed by atoms with van der Waals surface area (Å²) >= 11 is 5.69. The molecule has 0 bridgehead atoms. The van der Waals surface area contributed by atoms with Crippen molar-refractivity contribution in [1.82, 2.24) is 0 Å². The van der Waals surface area contributed by atoms with Crippen LogP contribution in [0.3, 0.4) is 0 Å². The van der Waals surface area contributed by atoms with Crippen LogP contribution in [0.5, 0.6) is 5.75 Å². The van der Waals surface area contributed by atoms with Gasteiger partial charge in [0.25, 0.3) is 0 Å². The van der Waals surface area contributed by atoms with E-state index in [1.54, 1.807) is 6.07 Å². The predicted octanol–water partition coefficient (Wildman–Crippen LogP) is 3.67. The molecule has 19 heavy (non-hydrogen) atoms. The fourth-order valence-electron chi connectivity index (χ4n) is 1.80. The van der Waals surface area contributed by atoms with E-state index in [4.69, 9.17) is 22.1 Å². The largest absolute Gasteiger partial charge is 0.494 e. The van der Waals surface area contributed by atoms with Gasteiger partial charge in [-0.05, 0) is 29.8 Å². The van der Waals surface area contributed by atoms with Gasteiger partial charge < -0.3 is 10.5 Å². The number of hydrogen-bond donors (Lipinski definition) is 1. The lowest BCUT2D eigenvalue weighted by molar-refractivity contribution is 0.385. The third kappa shape index (κ3) is 2.85. The summed E-state index contributed by atoms with van der Waals surface area (Å²) in [5.74, 6) is -0.916. The monoisotopic (exact) mass is 283 g/mol. The molecule has 0 amide bonds. The second-order valence-corrected chi connectivity index (χ2v) is 4.47. The number of nitrogens with two attached hydrogens (primary N) is 1. The lowest BCUT2D eigenvalue weighted by Gasteiger charge is -2.15. The smallest absolute Gasteiger partial charge is 0.165 e. The summed E-state index contributed by atoms with van der Waals surface area (Å²) < 4.78 is 32.0. The molecule has 0 aromatic heterocycles. The fourth-order valence-corrected chi connectivity index (χ4v) is 1.96. The normalized spacial score (nSPS) is 12.3. The van der Waals surface area contributed by atoms with Crippen molar-refractivity contribution in [3.8, 4) is 5.75 Å². The van der Waals surface area contributed by atoms with Crippen LogP contribution in [0.4, 0.5) is 8.78 Å². The molecule has 1 unspecified atom stereocenters. The van der Waals surface area contributed by atoms with Crippen LogP contribution in [0, 0.1) is 11.6 Å². The van der Waals surface area contributed by atoms with Crippen LogP contribution < -0.4 is 10.5 Å². The molecule has 2 rings (SSSR count). The van der Waals surface area contributed by atoms with Gasteiger partial charge in [-0.15, -0.1) is 0 Å². The van der Waals surface area contributed by atoms with Gasteiger partial charge in [-0.3, -0.25) is 0 Å². The Hall–Kier alpha value is -1.65. The summed E-state index contributed by atoms with van der Waals surface area (Å²) in [6.07, 6.45) is 0. The maximum absolute atomic E-state index is 13.8. The van der Waals surface area contributed by atoms with Gasteiger partial charge >= 0.3 is 0 Å². The van der Waals surface area contributed by atoms with Crippen LogP contribution in [0.1, 0.15) is 17.2 Å². The zero-order valence-electron chi connectivity index (χ0n) is 10.2. The van der Waals surface area contributed by atoms with E-state index in [1.165, 1.54) is 37.4 Å². The standard InChI is InChI=1S/C14H12ClF2NO/c1-19-13-6-8(2-5-11(13)16)14(18)10-4-3-9(15)7-12(10)17/h2-7,14H,18H2,1H3. The maximum atomic E-state index is 13.8. The van der Waals surface area contributed by atoms with Gasteiger partial charge in [0.2, 0.25) is 0 Å². The van der Waals surface area contributed by atoms with E-state index < -0.39 is 17.7 Å². The van der Waals surface area contributed by atoms with E-state index in [0.29, 0.717) is 10.6 Å². The highest BCUT2D eigenvalue weighted by molar-refractivity contribution is 6.30. The number of hydrogen-bond acceptors (Lipinski definition) is 2. The first-order valence-corrected chi connectivity index (χ1v) is 5.94. The minimum atomic E-state index is -0.716. The van der Waals surface area contributed by atoms with Crippen molar-refractivity contribution in [2.45, 2.75) is 6.04 Å². The topological polar surface area (TPSA) is 35.2 Å². The SMILES string of the molecule is COc1cc(C(N)c2ccc(Cl)cc2F)ccc1F. The Kier molecular flexibility index (Phi) is 4.02. The van der Waals surface area contributed by atoms with Crippen LogP contribution in [-0.2, 0) is 0 Å². The third-order valence-electron chi connectivity index (χ3n) is 2.83. The van der Waals surface area contributed by atoms with Gasteiger partial charge in [-0.25, -0.2) is 8.78 Å². The fraction of sp³-hybridized carbons (Fsp3) is 0.143. The third-order valence-corrected chi connectivity index (χ3v) is 3.07. The zero-order chi connectivity index (χ0) is 14.0. The molecule has 0 saturated carbocycles. The van der Waals surface area contributed by atoms with Crippen molar-refractivity contribution >= 4 is 11.6 Å². The van der Waals surface area contributed by atoms with Crippen molar-refractivity contribution < 1.29 is 13.5 Å². The molecule has 5 heteroatoms. The van der Waals surface area contributed by atoms with E-state index >= 15 is 0 Å². The van der Waals surface area contributed by atoms with Crippen molar-refractivity contribution in [2.24, 2.45) is 5.73 Å². The summed E-state index contributed by atoms with van der Waals surface area (Å²) in [7, 11) is 1.36. The van der Waals surface area contributed by atoms with Crippen molar-refractivity contribution in [2.75, 3.05) is 7.11 Å². The van der Waals surface area contributed by atoms with Gasteiger partial charge in [-0.1, -0.05) is 23.7 Å². The molecule has 2 aromatic carbocycles. The Balaban J connectivity index is 2.40. The highest BCUT2D eigenvalue weighted by Crippen LogP contribution is 2.28. The van der Waals surface area contributed by atoms with E-state index in [9.17, 15) is 8.78 Å². The molecule has 0 heterocycles. The summed E-state index contributed by atoms with van der Waals surface area (Å²) in [5.41, 5.74) is 6.82. The average molecular weight is 284 g/mol. The summed E-state index contributed by atoms with van der Waals surface area (Å²) in [6.45, 7) is 0. The van der Waals surface area contributed by atoms with Gasteiger partial charge in [0, 0.05) is 10.6 Å². The first kappa shape index (κ1) is 13.8. The molecule has 100 valence electrons. The van der Waals surface area contributed by atoms with Crippen molar-refractivity contribution in [3.05, 3.63) is 64.2 Å². The minimum absolute atomic E-state index is 0.0716. The molecule has 2 nitrogen and oxygen atoms in total. The molecular weight excluding hydrogens is 272 g/mol. The first-order valence-electron chi connectivity index (χ1n) is 5.57. The quantitative estimate of drug-likeness (QED) is 0.933. The Morgan fingerprint density at radius 2 is 1.84 bits per heavy atom. The van der Waals surface area contributed by atoms with Gasteiger partial charge in [0.15, 0.2) is 11.6 Å². The maximum Gasteiger partial charge on any atom is 0.165 e. The Labute approximate surface area is 114 Å². The number of ether oxygens (including phenoxy) is 1. The predicted molar refractivity (Wildman–Crippen MR) is 70.4 cm³/mol. The highest BCUT2D eigenvalue weighted by atomic mass is 35.5. The van der Waals surface area contributed by atoms with Crippen LogP contribution in [0.25, 0.3) is 0 Å². The second kappa shape index (κ2) is 5.55. The molecule has 0 saturated heterocycles. The highest BCUT2D eigenvalue weighted by Gasteiger charge is 2.15. The molecule has 2 aromatic rings. The lowest BCUT2D eigenvalue weighted by Crippen LogP contribution is -2.14. The van der Waals surface area contributed by atoms with Crippen molar-refractivity contribution in [3.63, 3.8) is 0 Å². The average Bonchev–Trinajstić information content (AvgIpc) is 2.38. The van der Waals surface area contributed by atoms with Crippen LogP contribution in [0.15, 0.2) is 36.4 Å². The van der Waals surface area contributed by atoms with E-state index in [-0.39, 0.29) is 11.3 Å². The molecule has 0 fully saturated rings. The number of methoxy groups -OCH3 is 1. The Bertz CT molecular complexity index is 604. The molecule has 2 N–H and O–H groups in total. The molecule has 0 spiro atoms. The molecule has 0 aliphatic rings. The van der Waals surface area contributed by atoms with Gasteiger partial charge in [-0.2, -0.15) is 0 Å². The number of rotatable bonds is 3. The molecule has 1 atom stereocenters. The van der Waals surface area contributed by atoms with Crippen molar-refractivity contribution in [1.29, 1.82) is 0 Å². The molecule has 0 radical (unpaired) electrons. The van der Waals surface area contributed by atoms with Gasteiger partial charge in [0.1, 0.15) is 5.82 Å². The summed E-state index contributed by atoms with van der Waals surface area (Å²) in [4.78, 5) is 0. The van der Waals surface area contributed by atoms with Crippen LogP contribution in [0.2, 0.25) is 5.02 Å². The molecular formula is C14H12ClF2NO. The number of benzene rings is 2. The van der Waals surface area contributed by atoms with Crippen LogP contribution >= 0.6 is 11.6 Å². The van der Waals surface area contributed by atoms with E-state index in [2.05, 4.69) is 0 Å². The second-order valence-electron chi connectivity index (χ2n) is 4.04. The minimum Gasteiger partial charge on any atom is -0.494 e. The zero-order valence-corrected chi connectivity index (χ0v) is 10.9. The van der Waals surface area contributed by atoms with E-state index in [1.807, 2.05) is 0 Å². The van der Waals surface area contributed by atoms with Gasteiger partial charge in [0.05, 0.1) is 13.2 Å². The first-order chi connectivity index (χ1) is 9.02. The summed E-state index contributed by atoms with van der Waals surface area (Å²) in [5, 5.41) is 0.296. The molecule has 0 aliphatic heterocycles. The lowest BCUT2D eigenvalue weighted by atomic mass is 9.99. The van der Waals surface area contributed by atoms with Crippen LogP contribution in [-0.4, -0.2) is 7.11 Å². The molecule has 0 aliphatic carbocycles. The van der Waals surface area contributed by atoms with E-state index in [0.717, 1.165) is 0 Å². The summed E-state index contributed by atoms with van der Waals surface area (Å²) in [6, 6.07) is 7.73. The Morgan fingerprint density at radius 1 is 1.11 bits per heavy atom. The Morgan fingerprint density at radius 3 is 2.47 bits per heavy atom. The number of halogens is 3.